The zero-order valence-electron chi connectivity index (χ0n) is 5.59. The highest BCUT2D eigenvalue weighted by Crippen LogP contribution is 2.07. The number of imide groups is 1. The van der Waals surface area contributed by atoms with Gasteiger partial charge in [-0.1, -0.05) is 0 Å². The Kier molecular flexibility index (Phi) is 1.98. The molecule has 0 unspecified atom stereocenters. The molecule has 0 atom stereocenters. The largest absolute Gasteiger partial charge is 0.285 e. The third-order valence-electron chi connectivity index (χ3n) is 1.23. The van der Waals surface area contributed by atoms with E-state index < -0.39 is 0 Å². The lowest BCUT2D eigenvalue weighted by atomic mass is 10.4. The van der Waals surface area contributed by atoms with Gasteiger partial charge in [-0.15, -0.1) is 5.59 Å². The molecule has 0 aliphatic carbocycles. The second-order valence-electron chi connectivity index (χ2n) is 1.92. The first-order valence-corrected chi connectivity index (χ1v) is 2.90. The Bertz CT molecular complexity index is 152. The van der Waals surface area contributed by atoms with Crippen LogP contribution >= 0.6 is 0 Å². The summed E-state index contributed by atoms with van der Waals surface area (Å²) in [6.45, 7) is 0. The number of carbonyl (C=O) groups excluding carboxylic acids is 2. The van der Waals surface area contributed by atoms with Gasteiger partial charge in [-0.2, -0.15) is 5.01 Å². The summed E-state index contributed by atoms with van der Waals surface area (Å²) < 4.78 is 0. The van der Waals surface area contributed by atoms with Gasteiger partial charge in [0.05, 0.1) is 7.11 Å². The van der Waals surface area contributed by atoms with Crippen LogP contribution in [-0.4, -0.2) is 23.9 Å². The summed E-state index contributed by atoms with van der Waals surface area (Å²) in [6, 6.07) is 0. The van der Waals surface area contributed by atoms with Gasteiger partial charge in [0.2, 0.25) is 11.8 Å². The molecule has 0 bridgehead atoms. The Hall–Kier alpha value is -0.940. The highest BCUT2D eigenvalue weighted by molar-refractivity contribution is 6.01. The van der Waals surface area contributed by atoms with Crippen LogP contribution in [0.15, 0.2) is 0 Å². The van der Waals surface area contributed by atoms with Gasteiger partial charge in [0.15, 0.2) is 0 Å². The van der Waals surface area contributed by atoms with E-state index in [-0.39, 0.29) is 24.7 Å². The number of hydrogen-bond donors (Lipinski definition) is 1. The standard InChI is InChI=1S/C5H8N2O3/c1-10-6-7-4(8)2-3-5(7)9/h6H,2-3H2,1H3. The molecule has 1 aliphatic rings. The first-order chi connectivity index (χ1) is 4.75. The van der Waals surface area contributed by atoms with Gasteiger partial charge >= 0.3 is 0 Å². The number of nitrogens with one attached hydrogen (secondary N) is 1. The van der Waals surface area contributed by atoms with Crippen LogP contribution in [0.1, 0.15) is 12.8 Å². The normalized spacial score (nSPS) is 18.7. The SMILES string of the molecule is CONN1C(=O)CCC1=O. The maximum absolute atomic E-state index is 10.7. The van der Waals surface area contributed by atoms with Crippen molar-refractivity contribution in [3.8, 4) is 0 Å². The fraction of sp³-hybridized carbons (Fsp3) is 0.600. The van der Waals surface area contributed by atoms with Crippen LogP contribution in [-0.2, 0) is 14.4 Å². The van der Waals surface area contributed by atoms with Crippen molar-refractivity contribution in [1.82, 2.24) is 10.6 Å². The van der Waals surface area contributed by atoms with Gasteiger partial charge in [-0.3, -0.25) is 14.4 Å². The van der Waals surface area contributed by atoms with E-state index in [1.54, 1.807) is 0 Å². The molecule has 5 nitrogen and oxygen atoms in total. The summed E-state index contributed by atoms with van der Waals surface area (Å²) in [6.07, 6.45) is 0.546. The molecule has 5 heteroatoms. The van der Waals surface area contributed by atoms with Crippen LogP contribution in [0.4, 0.5) is 0 Å². The molecule has 1 rings (SSSR count). The molecule has 0 aromatic heterocycles. The molecular weight excluding hydrogens is 136 g/mol. The van der Waals surface area contributed by atoms with Gasteiger partial charge in [-0.05, 0) is 0 Å². The van der Waals surface area contributed by atoms with Crippen LogP contribution < -0.4 is 5.59 Å². The number of nitrogens with zero attached hydrogens (tertiary/aromatic N) is 1. The molecule has 0 radical (unpaired) electrons. The lowest BCUT2D eigenvalue weighted by molar-refractivity contribution is -0.156. The van der Waals surface area contributed by atoms with Crippen molar-refractivity contribution in [2.24, 2.45) is 0 Å². The smallest absolute Gasteiger partial charge is 0.246 e. The number of carbonyl (C=O) groups is 2. The molecule has 0 aromatic carbocycles. The molecule has 2 amide bonds. The van der Waals surface area contributed by atoms with Gasteiger partial charge < -0.3 is 0 Å². The van der Waals surface area contributed by atoms with E-state index >= 15 is 0 Å². The third kappa shape index (κ3) is 1.14. The molecule has 0 spiro atoms. The maximum Gasteiger partial charge on any atom is 0.246 e. The molecule has 56 valence electrons. The average molecular weight is 144 g/mol. The van der Waals surface area contributed by atoms with E-state index in [0.717, 1.165) is 5.01 Å². The number of rotatable bonds is 2. The van der Waals surface area contributed by atoms with Gasteiger partial charge in [0.25, 0.3) is 0 Å². The van der Waals surface area contributed by atoms with E-state index in [0.29, 0.717) is 0 Å². The minimum absolute atomic E-state index is 0.244. The van der Waals surface area contributed by atoms with Gasteiger partial charge in [0, 0.05) is 12.8 Å². The monoisotopic (exact) mass is 144 g/mol. The minimum atomic E-state index is -0.244. The predicted octanol–water partition coefficient (Wildman–Crippen LogP) is -0.799. The molecule has 0 saturated carbocycles. The number of amides is 2. The Morgan fingerprint density at radius 3 is 2.30 bits per heavy atom. The summed E-state index contributed by atoms with van der Waals surface area (Å²) in [7, 11) is 1.35. The van der Waals surface area contributed by atoms with Crippen molar-refractivity contribution in [2.45, 2.75) is 12.8 Å². The fourth-order valence-electron chi connectivity index (χ4n) is 0.770. The van der Waals surface area contributed by atoms with Crippen LogP contribution in [0.25, 0.3) is 0 Å². The second-order valence-corrected chi connectivity index (χ2v) is 1.92. The summed E-state index contributed by atoms with van der Waals surface area (Å²) in [5, 5.41) is 0.875. The van der Waals surface area contributed by atoms with Crippen LogP contribution in [0.5, 0.6) is 0 Å². The van der Waals surface area contributed by atoms with E-state index in [2.05, 4.69) is 10.4 Å². The van der Waals surface area contributed by atoms with E-state index in [4.69, 9.17) is 0 Å². The minimum Gasteiger partial charge on any atom is -0.285 e. The van der Waals surface area contributed by atoms with Crippen molar-refractivity contribution in [3.05, 3.63) is 0 Å². The average Bonchev–Trinajstić information content (AvgIpc) is 2.20. The number of hydrazine groups is 1. The van der Waals surface area contributed by atoms with Crippen molar-refractivity contribution >= 4 is 11.8 Å². The van der Waals surface area contributed by atoms with E-state index in [1.165, 1.54) is 7.11 Å². The van der Waals surface area contributed by atoms with Gasteiger partial charge in [0.1, 0.15) is 0 Å². The topological polar surface area (TPSA) is 58.6 Å². The van der Waals surface area contributed by atoms with Gasteiger partial charge in [-0.25, -0.2) is 0 Å². The molecule has 1 saturated heterocycles. The Balaban J connectivity index is 2.54. The summed E-state index contributed by atoms with van der Waals surface area (Å²) in [4.78, 5) is 25.9. The fourth-order valence-corrected chi connectivity index (χ4v) is 0.770. The summed E-state index contributed by atoms with van der Waals surface area (Å²) >= 11 is 0. The van der Waals surface area contributed by atoms with E-state index in [9.17, 15) is 9.59 Å². The molecular formula is C5H8N2O3. The van der Waals surface area contributed by atoms with Crippen LogP contribution in [0.2, 0.25) is 0 Å². The second kappa shape index (κ2) is 2.76. The Morgan fingerprint density at radius 1 is 1.40 bits per heavy atom. The quantitative estimate of drug-likeness (QED) is 0.407. The Labute approximate surface area is 57.9 Å². The van der Waals surface area contributed by atoms with Crippen molar-refractivity contribution < 1.29 is 14.4 Å². The van der Waals surface area contributed by atoms with Crippen molar-refractivity contribution in [1.29, 1.82) is 0 Å². The number of hydrogen-bond acceptors (Lipinski definition) is 4. The first kappa shape index (κ1) is 7.17. The zero-order valence-corrected chi connectivity index (χ0v) is 5.59. The molecule has 1 aliphatic heterocycles. The lowest BCUT2D eigenvalue weighted by Gasteiger charge is -2.11. The third-order valence-corrected chi connectivity index (χ3v) is 1.23. The summed E-state index contributed by atoms with van der Waals surface area (Å²) in [5.74, 6) is -0.487. The molecule has 10 heavy (non-hydrogen) atoms. The van der Waals surface area contributed by atoms with Crippen molar-refractivity contribution in [2.75, 3.05) is 7.11 Å². The van der Waals surface area contributed by atoms with Crippen molar-refractivity contribution in [3.63, 3.8) is 0 Å². The molecule has 1 heterocycles. The predicted molar refractivity (Wildman–Crippen MR) is 31.2 cm³/mol. The highest BCUT2D eigenvalue weighted by Gasteiger charge is 2.28. The van der Waals surface area contributed by atoms with Crippen LogP contribution in [0, 0.1) is 0 Å². The van der Waals surface area contributed by atoms with Crippen LogP contribution in [0.3, 0.4) is 0 Å². The molecule has 1 N–H and O–H groups in total. The van der Waals surface area contributed by atoms with E-state index in [1.807, 2.05) is 0 Å². The zero-order chi connectivity index (χ0) is 7.56. The first-order valence-electron chi connectivity index (χ1n) is 2.90. The molecule has 1 fully saturated rings. The molecule has 0 aromatic rings. The lowest BCUT2D eigenvalue weighted by Crippen LogP contribution is -2.41. The Morgan fingerprint density at radius 2 is 1.90 bits per heavy atom. The highest BCUT2D eigenvalue weighted by atomic mass is 16.7. The maximum atomic E-state index is 10.7. The summed E-state index contributed by atoms with van der Waals surface area (Å²) in [5.41, 5.74) is 2.18.